The summed E-state index contributed by atoms with van der Waals surface area (Å²) in [5.41, 5.74) is 4.01. The first kappa shape index (κ1) is 25.5. The number of primary amides is 1. The molecule has 1 saturated heterocycles. The SMILES string of the molecule is CC(C)(CC[C@@H]1CCCCN1C(=O)c1nc(Br)sc1-c1cccc(C(F)(F)F)c1)OC(N)=O. The third kappa shape index (κ3) is 6.47. The third-order valence-corrected chi connectivity index (χ3v) is 7.16. The van der Waals surface area contributed by atoms with Gasteiger partial charge in [0.15, 0.2) is 3.92 Å². The standard InChI is InChI=1S/C22H25BrF3N3O3S/c1-21(2,32-20(27)31)10-9-15-8-3-4-11-29(15)18(30)16-17(33-19(23)28-16)13-6-5-7-14(12-13)22(24,25)26/h5-7,12,15H,3-4,8-11H2,1-2H3,(H2,27,31)/t15-/m0/s1. The highest BCUT2D eigenvalue weighted by molar-refractivity contribution is 9.11. The van der Waals surface area contributed by atoms with Gasteiger partial charge in [-0.05, 0) is 79.6 Å². The molecule has 180 valence electrons. The summed E-state index contributed by atoms with van der Waals surface area (Å²) in [4.78, 5) is 31.1. The van der Waals surface area contributed by atoms with Crippen LogP contribution in [0, 0.1) is 0 Å². The molecule has 0 saturated carbocycles. The topological polar surface area (TPSA) is 85.5 Å². The fourth-order valence-corrected chi connectivity index (χ4v) is 5.46. The number of carbonyl (C=O) groups is 2. The van der Waals surface area contributed by atoms with Crippen molar-refractivity contribution in [2.45, 2.75) is 63.8 Å². The molecule has 2 amide bonds. The van der Waals surface area contributed by atoms with Crippen LogP contribution in [0.4, 0.5) is 18.0 Å². The fraction of sp³-hybridized carbons (Fsp3) is 0.500. The normalized spacial score (nSPS) is 17.2. The van der Waals surface area contributed by atoms with Crippen molar-refractivity contribution in [2.24, 2.45) is 5.73 Å². The van der Waals surface area contributed by atoms with E-state index in [9.17, 15) is 22.8 Å². The van der Waals surface area contributed by atoms with E-state index in [0.717, 1.165) is 42.7 Å². The molecule has 2 N–H and O–H groups in total. The van der Waals surface area contributed by atoms with E-state index < -0.39 is 23.4 Å². The van der Waals surface area contributed by atoms with Gasteiger partial charge in [-0.3, -0.25) is 4.79 Å². The summed E-state index contributed by atoms with van der Waals surface area (Å²) < 4.78 is 45.2. The molecule has 1 fully saturated rings. The highest BCUT2D eigenvalue weighted by Crippen LogP contribution is 2.38. The van der Waals surface area contributed by atoms with Crippen LogP contribution in [0.2, 0.25) is 0 Å². The number of hydrogen-bond donors (Lipinski definition) is 1. The van der Waals surface area contributed by atoms with Crippen molar-refractivity contribution in [2.75, 3.05) is 6.54 Å². The lowest BCUT2D eigenvalue weighted by Gasteiger charge is -2.37. The zero-order valence-corrected chi connectivity index (χ0v) is 20.6. The van der Waals surface area contributed by atoms with Crippen LogP contribution in [-0.2, 0) is 10.9 Å². The number of amides is 2. The molecule has 0 unspecified atom stereocenters. The molecule has 0 radical (unpaired) electrons. The lowest BCUT2D eigenvalue weighted by Crippen LogP contribution is -2.45. The van der Waals surface area contributed by atoms with Gasteiger partial charge in [-0.1, -0.05) is 12.1 Å². The summed E-state index contributed by atoms with van der Waals surface area (Å²) in [6, 6.07) is 4.80. The summed E-state index contributed by atoms with van der Waals surface area (Å²) in [6.45, 7) is 4.05. The molecule has 1 aliphatic heterocycles. The molecular formula is C22H25BrF3N3O3S. The minimum atomic E-state index is -4.49. The number of hydrogen-bond acceptors (Lipinski definition) is 5. The number of likely N-dealkylation sites (tertiary alicyclic amines) is 1. The van der Waals surface area contributed by atoms with Crippen LogP contribution < -0.4 is 5.73 Å². The second-order valence-corrected chi connectivity index (χ2v) is 10.9. The van der Waals surface area contributed by atoms with Gasteiger partial charge in [-0.2, -0.15) is 13.2 Å². The molecule has 1 aromatic heterocycles. The van der Waals surface area contributed by atoms with Gasteiger partial charge >= 0.3 is 12.3 Å². The average molecular weight is 548 g/mol. The predicted molar refractivity (Wildman–Crippen MR) is 123 cm³/mol. The van der Waals surface area contributed by atoms with Crippen molar-refractivity contribution in [1.82, 2.24) is 9.88 Å². The van der Waals surface area contributed by atoms with Crippen LogP contribution in [0.15, 0.2) is 28.2 Å². The van der Waals surface area contributed by atoms with Crippen molar-refractivity contribution in [1.29, 1.82) is 0 Å². The Balaban J connectivity index is 1.86. The van der Waals surface area contributed by atoms with E-state index in [1.54, 1.807) is 24.8 Å². The summed E-state index contributed by atoms with van der Waals surface area (Å²) in [7, 11) is 0. The number of thiazole rings is 1. The quantitative estimate of drug-likeness (QED) is 0.463. The van der Waals surface area contributed by atoms with E-state index in [1.165, 1.54) is 6.07 Å². The highest BCUT2D eigenvalue weighted by Gasteiger charge is 2.34. The van der Waals surface area contributed by atoms with Gasteiger partial charge in [-0.25, -0.2) is 9.78 Å². The number of nitrogens with zero attached hydrogens (tertiary/aromatic N) is 2. The Hall–Kier alpha value is -2.14. The highest BCUT2D eigenvalue weighted by atomic mass is 79.9. The van der Waals surface area contributed by atoms with Crippen LogP contribution in [0.1, 0.15) is 62.0 Å². The first-order chi connectivity index (χ1) is 15.4. The molecule has 0 spiro atoms. The molecule has 1 aromatic carbocycles. The maximum Gasteiger partial charge on any atom is 0.416 e. The summed E-state index contributed by atoms with van der Waals surface area (Å²) >= 11 is 4.40. The lowest BCUT2D eigenvalue weighted by molar-refractivity contribution is -0.137. The van der Waals surface area contributed by atoms with Gasteiger partial charge in [0.2, 0.25) is 0 Å². The number of alkyl halides is 3. The van der Waals surface area contributed by atoms with Crippen LogP contribution in [-0.4, -0.2) is 40.1 Å². The van der Waals surface area contributed by atoms with Crippen molar-refractivity contribution in [3.8, 4) is 10.4 Å². The van der Waals surface area contributed by atoms with E-state index >= 15 is 0 Å². The number of nitrogens with two attached hydrogens (primary N) is 1. The molecule has 2 aromatic rings. The Kier molecular flexibility index (Phi) is 7.73. The Morgan fingerprint density at radius 2 is 2.03 bits per heavy atom. The van der Waals surface area contributed by atoms with Crippen molar-refractivity contribution < 1.29 is 27.5 Å². The minimum Gasteiger partial charge on any atom is -0.444 e. The van der Waals surface area contributed by atoms with Crippen LogP contribution in [0.5, 0.6) is 0 Å². The zero-order chi connectivity index (χ0) is 24.4. The Morgan fingerprint density at radius 1 is 1.30 bits per heavy atom. The van der Waals surface area contributed by atoms with Gasteiger partial charge in [0.1, 0.15) is 11.3 Å². The minimum absolute atomic E-state index is 0.100. The van der Waals surface area contributed by atoms with E-state index in [-0.39, 0.29) is 17.6 Å². The molecule has 0 aliphatic carbocycles. The van der Waals surface area contributed by atoms with E-state index in [0.29, 0.717) is 33.7 Å². The maximum absolute atomic E-state index is 13.5. The molecular weight excluding hydrogens is 523 g/mol. The Labute approximate surface area is 202 Å². The number of halogens is 4. The molecule has 11 heteroatoms. The first-order valence-corrected chi connectivity index (χ1v) is 12.1. The van der Waals surface area contributed by atoms with Crippen LogP contribution in [0.25, 0.3) is 10.4 Å². The number of carbonyl (C=O) groups excluding carboxylic acids is 2. The number of ether oxygens (including phenoxy) is 1. The van der Waals surface area contributed by atoms with E-state index in [2.05, 4.69) is 20.9 Å². The number of piperidine rings is 1. The predicted octanol–water partition coefficient (Wildman–Crippen LogP) is 6.24. The van der Waals surface area contributed by atoms with Gasteiger partial charge in [0.05, 0.1) is 10.4 Å². The smallest absolute Gasteiger partial charge is 0.416 e. The molecule has 0 bridgehead atoms. The molecule has 33 heavy (non-hydrogen) atoms. The third-order valence-electron chi connectivity index (χ3n) is 5.60. The van der Waals surface area contributed by atoms with Gasteiger partial charge in [-0.15, -0.1) is 11.3 Å². The van der Waals surface area contributed by atoms with Crippen molar-refractivity contribution >= 4 is 39.3 Å². The second-order valence-electron chi connectivity index (χ2n) is 8.59. The summed E-state index contributed by atoms with van der Waals surface area (Å²) in [6.07, 6.45) is -1.68. The Bertz CT molecular complexity index is 1030. The summed E-state index contributed by atoms with van der Waals surface area (Å²) in [5, 5.41) is 0. The fourth-order valence-electron chi connectivity index (χ4n) is 4.01. The summed E-state index contributed by atoms with van der Waals surface area (Å²) in [5.74, 6) is -0.317. The van der Waals surface area contributed by atoms with E-state index in [1.807, 2.05) is 0 Å². The van der Waals surface area contributed by atoms with Gasteiger partial charge < -0.3 is 15.4 Å². The average Bonchev–Trinajstić information content (AvgIpc) is 3.12. The number of benzene rings is 1. The monoisotopic (exact) mass is 547 g/mol. The largest absolute Gasteiger partial charge is 0.444 e. The van der Waals surface area contributed by atoms with Crippen molar-refractivity contribution in [3.63, 3.8) is 0 Å². The van der Waals surface area contributed by atoms with Gasteiger partial charge in [0.25, 0.3) is 5.91 Å². The van der Waals surface area contributed by atoms with Crippen LogP contribution in [0.3, 0.4) is 0 Å². The van der Waals surface area contributed by atoms with Crippen LogP contribution >= 0.6 is 27.3 Å². The molecule has 1 aliphatic rings. The Morgan fingerprint density at radius 3 is 2.70 bits per heavy atom. The molecule has 2 heterocycles. The maximum atomic E-state index is 13.5. The number of aromatic nitrogens is 1. The first-order valence-electron chi connectivity index (χ1n) is 10.5. The van der Waals surface area contributed by atoms with Gasteiger partial charge in [0, 0.05) is 12.6 Å². The van der Waals surface area contributed by atoms with Crippen molar-refractivity contribution in [3.05, 3.63) is 39.4 Å². The zero-order valence-electron chi connectivity index (χ0n) is 18.2. The van der Waals surface area contributed by atoms with E-state index in [4.69, 9.17) is 10.5 Å². The molecule has 3 rings (SSSR count). The lowest BCUT2D eigenvalue weighted by atomic mass is 9.92. The molecule has 6 nitrogen and oxygen atoms in total. The number of rotatable bonds is 6. The second kappa shape index (κ2) is 10.0. The molecule has 1 atom stereocenters.